The van der Waals surface area contributed by atoms with Crippen LogP contribution in [0.15, 0.2) is 4.99 Å². The molecule has 1 amide bonds. The SMILES string of the molecule is CN=C(NCCC(=O)NC1CCCCC1)N1CC(C)(C)C1(C)C.I. The van der Waals surface area contributed by atoms with Gasteiger partial charge in [-0.25, -0.2) is 0 Å². The maximum atomic E-state index is 12.1. The molecule has 0 radical (unpaired) electrons. The summed E-state index contributed by atoms with van der Waals surface area (Å²) in [6.45, 7) is 10.7. The molecule has 0 spiro atoms. The minimum absolute atomic E-state index is 0. The van der Waals surface area contributed by atoms with E-state index in [9.17, 15) is 4.79 Å². The highest BCUT2D eigenvalue weighted by atomic mass is 127. The number of hydrogen-bond donors (Lipinski definition) is 2. The number of halogens is 1. The molecule has 0 aromatic heterocycles. The predicted molar refractivity (Wildman–Crippen MR) is 111 cm³/mol. The molecule has 0 atom stereocenters. The lowest BCUT2D eigenvalue weighted by Gasteiger charge is -2.62. The Morgan fingerprint density at radius 2 is 1.79 bits per heavy atom. The summed E-state index contributed by atoms with van der Waals surface area (Å²) in [7, 11) is 1.81. The number of hydrogen-bond acceptors (Lipinski definition) is 2. The van der Waals surface area contributed by atoms with Crippen LogP contribution >= 0.6 is 24.0 Å². The van der Waals surface area contributed by atoms with Gasteiger partial charge in [-0.2, -0.15) is 0 Å². The average molecular weight is 450 g/mol. The van der Waals surface area contributed by atoms with Gasteiger partial charge in [-0.15, -0.1) is 24.0 Å². The lowest BCUT2D eigenvalue weighted by molar-refractivity contribution is -0.121. The number of carbonyl (C=O) groups is 1. The molecule has 1 aliphatic carbocycles. The highest BCUT2D eigenvalue weighted by Crippen LogP contribution is 2.46. The molecular weight excluding hydrogens is 415 g/mol. The first-order valence-corrected chi connectivity index (χ1v) is 9.05. The zero-order valence-electron chi connectivity index (χ0n) is 15.9. The normalized spacial score (nSPS) is 23.0. The molecule has 1 saturated heterocycles. The monoisotopic (exact) mass is 450 g/mol. The van der Waals surface area contributed by atoms with Crippen LogP contribution in [-0.4, -0.2) is 48.5 Å². The third-order valence-electron chi connectivity index (χ3n) is 5.96. The molecule has 2 rings (SSSR count). The van der Waals surface area contributed by atoms with Crippen LogP contribution in [0.3, 0.4) is 0 Å². The zero-order chi connectivity index (χ0) is 17.1. The standard InChI is InChI=1S/C18H34N4O.HI/c1-17(2)13-22(18(17,3)4)16(19-5)20-12-11-15(23)21-14-9-7-6-8-10-14;/h14H,6-13H2,1-5H3,(H,19,20)(H,21,23);1H. The third kappa shape index (κ3) is 4.76. The highest BCUT2D eigenvalue weighted by Gasteiger charge is 2.53. The number of carbonyl (C=O) groups excluding carboxylic acids is 1. The van der Waals surface area contributed by atoms with Crippen molar-refractivity contribution in [2.24, 2.45) is 10.4 Å². The van der Waals surface area contributed by atoms with Gasteiger partial charge in [-0.05, 0) is 26.7 Å². The van der Waals surface area contributed by atoms with Crippen molar-refractivity contribution in [1.82, 2.24) is 15.5 Å². The van der Waals surface area contributed by atoms with Crippen molar-refractivity contribution in [3.8, 4) is 0 Å². The predicted octanol–water partition coefficient (Wildman–Crippen LogP) is 3.14. The third-order valence-corrected chi connectivity index (χ3v) is 5.96. The topological polar surface area (TPSA) is 56.7 Å². The number of likely N-dealkylation sites (tertiary alicyclic amines) is 1. The Bertz CT molecular complexity index is 456. The van der Waals surface area contributed by atoms with Gasteiger partial charge in [0.25, 0.3) is 0 Å². The Morgan fingerprint density at radius 1 is 1.17 bits per heavy atom. The van der Waals surface area contributed by atoms with Crippen molar-refractivity contribution in [2.75, 3.05) is 20.1 Å². The van der Waals surface area contributed by atoms with E-state index in [1.807, 2.05) is 7.05 Å². The Labute approximate surface area is 164 Å². The number of nitrogens with one attached hydrogen (secondary N) is 2. The van der Waals surface area contributed by atoms with Crippen LogP contribution in [0.5, 0.6) is 0 Å². The van der Waals surface area contributed by atoms with E-state index in [0.29, 0.717) is 19.0 Å². The van der Waals surface area contributed by atoms with E-state index < -0.39 is 0 Å². The van der Waals surface area contributed by atoms with Gasteiger partial charge in [0, 0.05) is 43.6 Å². The lowest BCUT2D eigenvalue weighted by Crippen LogP contribution is -2.72. The fourth-order valence-electron chi connectivity index (χ4n) is 3.53. The van der Waals surface area contributed by atoms with Crippen molar-refractivity contribution in [3.63, 3.8) is 0 Å². The fraction of sp³-hybridized carbons (Fsp3) is 0.889. The van der Waals surface area contributed by atoms with Crippen molar-refractivity contribution < 1.29 is 4.79 Å². The van der Waals surface area contributed by atoms with E-state index in [-0.39, 0.29) is 40.8 Å². The van der Waals surface area contributed by atoms with E-state index in [0.717, 1.165) is 25.3 Å². The molecule has 0 bridgehead atoms. The first kappa shape index (κ1) is 21.5. The van der Waals surface area contributed by atoms with Crippen LogP contribution in [0, 0.1) is 5.41 Å². The zero-order valence-corrected chi connectivity index (χ0v) is 18.3. The minimum Gasteiger partial charge on any atom is -0.356 e. The van der Waals surface area contributed by atoms with E-state index in [1.54, 1.807) is 0 Å². The lowest BCUT2D eigenvalue weighted by atomic mass is 9.65. The molecular formula is C18H35IN4O. The fourth-order valence-corrected chi connectivity index (χ4v) is 3.53. The second-order valence-corrected chi connectivity index (χ2v) is 8.16. The summed E-state index contributed by atoms with van der Waals surface area (Å²) in [6, 6.07) is 0.394. The number of amides is 1. The minimum atomic E-state index is 0. The first-order valence-electron chi connectivity index (χ1n) is 9.05. The Kier molecular flexibility index (Phi) is 7.81. The van der Waals surface area contributed by atoms with Crippen LogP contribution in [-0.2, 0) is 4.79 Å². The summed E-state index contributed by atoms with van der Waals surface area (Å²) in [5.41, 5.74) is 0.363. The van der Waals surface area contributed by atoms with Crippen molar-refractivity contribution in [2.45, 2.75) is 77.8 Å². The van der Waals surface area contributed by atoms with Gasteiger partial charge in [0.1, 0.15) is 0 Å². The molecule has 1 aliphatic heterocycles. The summed E-state index contributed by atoms with van der Waals surface area (Å²) in [4.78, 5) is 18.7. The summed E-state index contributed by atoms with van der Waals surface area (Å²) in [5.74, 6) is 1.06. The number of rotatable bonds is 4. The van der Waals surface area contributed by atoms with Crippen molar-refractivity contribution in [3.05, 3.63) is 0 Å². The average Bonchev–Trinajstić information content (AvgIpc) is 2.51. The highest BCUT2D eigenvalue weighted by molar-refractivity contribution is 14.0. The van der Waals surface area contributed by atoms with Crippen LogP contribution in [0.1, 0.15) is 66.2 Å². The number of guanidine groups is 1. The van der Waals surface area contributed by atoms with Crippen molar-refractivity contribution >= 4 is 35.8 Å². The Hall–Kier alpha value is -0.530. The quantitative estimate of drug-likeness (QED) is 0.393. The molecule has 0 aromatic carbocycles. The number of nitrogens with zero attached hydrogens (tertiary/aromatic N) is 2. The molecule has 6 heteroatoms. The summed E-state index contributed by atoms with van der Waals surface area (Å²) >= 11 is 0. The molecule has 140 valence electrons. The Morgan fingerprint density at radius 3 is 2.29 bits per heavy atom. The molecule has 24 heavy (non-hydrogen) atoms. The second kappa shape index (κ2) is 8.72. The largest absolute Gasteiger partial charge is 0.356 e. The van der Waals surface area contributed by atoms with Gasteiger partial charge >= 0.3 is 0 Å². The van der Waals surface area contributed by atoms with Gasteiger partial charge in [0.2, 0.25) is 5.91 Å². The van der Waals surface area contributed by atoms with E-state index >= 15 is 0 Å². The van der Waals surface area contributed by atoms with Gasteiger partial charge in [0.15, 0.2) is 5.96 Å². The summed E-state index contributed by atoms with van der Waals surface area (Å²) < 4.78 is 0. The first-order chi connectivity index (χ1) is 10.8. The van der Waals surface area contributed by atoms with Gasteiger partial charge in [0.05, 0.1) is 0 Å². The van der Waals surface area contributed by atoms with Gasteiger partial charge in [-0.1, -0.05) is 33.1 Å². The molecule has 2 N–H and O–H groups in total. The summed E-state index contributed by atoms with van der Waals surface area (Å²) in [6.07, 6.45) is 6.58. The van der Waals surface area contributed by atoms with E-state index in [1.165, 1.54) is 19.3 Å². The van der Waals surface area contributed by atoms with Crippen molar-refractivity contribution in [1.29, 1.82) is 0 Å². The maximum absolute atomic E-state index is 12.1. The second-order valence-electron chi connectivity index (χ2n) is 8.16. The molecule has 0 aromatic rings. The van der Waals surface area contributed by atoms with Gasteiger partial charge < -0.3 is 15.5 Å². The van der Waals surface area contributed by atoms with E-state index in [2.05, 4.69) is 48.2 Å². The smallest absolute Gasteiger partial charge is 0.221 e. The van der Waals surface area contributed by atoms with Gasteiger partial charge in [-0.3, -0.25) is 9.79 Å². The van der Waals surface area contributed by atoms with E-state index in [4.69, 9.17) is 0 Å². The molecule has 5 nitrogen and oxygen atoms in total. The van der Waals surface area contributed by atoms with Crippen LogP contribution in [0.4, 0.5) is 0 Å². The van der Waals surface area contributed by atoms with Crippen LogP contribution in [0.2, 0.25) is 0 Å². The van der Waals surface area contributed by atoms with Crippen LogP contribution < -0.4 is 10.6 Å². The maximum Gasteiger partial charge on any atom is 0.221 e. The van der Waals surface area contributed by atoms with Crippen LogP contribution in [0.25, 0.3) is 0 Å². The molecule has 1 heterocycles. The molecule has 1 saturated carbocycles. The Balaban J connectivity index is 0.00000288. The number of aliphatic imine (C=N–C) groups is 1. The molecule has 2 aliphatic rings. The summed E-state index contributed by atoms with van der Waals surface area (Å²) in [5, 5.41) is 6.51. The molecule has 2 fully saturated rings. The molecule has 0 unspecified atom stereocenters.